The van der Waals surface area contributed by atoms with Crippen LogP contribution in [0.5, 0.6) is 5.75 Å². The fourth-order valence-electron chi connectivity index (χ4n) is 3.14. The number of aromatic nitrogens is 1. The van der Waals surface area contributed by atoms with E-state index in [-0.39, 0.29) is 0 Å². The van der Waals surface area contributed by atoms with E-state index in [1.165, 1.54) is 30.3 Å². The van der Waals surface area contributed by atoms with Gasteiger partial charge in [-0.15, -0.1) is 0 Å². The molecule has 3 heteroatoms. The Labute approximate surface area is 120 Å². The van der Waals surface area contributed by atoms with E-state index >= 15 is 0 Å². The van der Waals surface area contributed by atoms with Crippen LogP contribution in [0.15, 0.2) is 24.3 Å². The summed E-state index contributed by atoms with van der Waals surface area (Å²) in [6, 6.07) is 9.02. The van der Waals surface area contributed by atoms with Crippen LogP contribution in [0.1, 0.15) is 31.9 Å². The Balaban J connectivity index is 2.14. The molecule has 3 rings (SSSR count). The van der Waals surface area contributed by atoms with Crippen LogP contribution >= 0.6 is 0 Å². The third kappa shape index (κ3) is 2.33. The monoisotopic (exact) mass is 270 g/mol. The van der Waals surface area contributed by atoms with Gasteiger partial charge in [-0.25, -0.2) is 0 Å². The summed E-state index contributed by atoms with van der Waals surface area (Å²) in [5.41, 5.74) is 3.41. The number of aryl methyl sites for hydroxylation is 1. The van der Waals surface area contributed by atoms with Gasteiger partial charge in [0.25, 0.3) is 0 Å². The van der Waals surface area contributed by atoms with E-state index in [9.17, 15) is 0 Å². The zero-order valence-electron chi connectivity index (χ0n) is 12.5. The van der Waals surface area contributed by atoms with Gasteiger partial charge in [0.2, 0.25) is 0 Å². The lowest BCUT2D eigenvalue weighted by atomic mass is 10.0. The number of ether oxygens (including phenoxy) is 1. The van der Waals surface area contributed by atoms with Crippen molar-refractivity contribution in [3.8, 4) is 5.75 Å². The first kappa shape index (κ1) is 13.2. The average Bonchev–Trinajstić information content (AvgIpc) is 2.46. The Morgan fingerprint density at radius 3 is 2.85 bits per heavy atom. The van der Waals surface area contributed by atoms with Gasteiger partial charge in [0.15, 0.2) is 0 Å². The van der Waals surface area contributed by atoms with Gasteiger partial charge in [0.1, 0.15) is 5.75 Å². The van der Waals surface area contributed by atoms with Crippen molar-refractivity contribution in [1.82, 2.24) is 4.98 Å². The molecule has 2 aromatic rings. The second kappa shape index (κ2) is 5.31. The maximum Gasteiger partial charge on any atom is 0.121 e. The summed E-state index contributed by atoms with van der Waals surface area (Å²) in [5.74, 6) is 0.869. The zero-order chi connectivity index (χ0) is 14.1. The molecule has 1 saturated heterocycles. The molecule has 1 fully saturated rings. The number of hydrogen-bond acceptors (Lipinski definition) is 3. The summed E-state index contributed by atoms with van der Waals surface area (Å²) in [6.45, 7) is 5.53. The lowest BCUT2D eigenvalue weighted by Crippen LogP contribution is -2.37. The Bertz CT molecular complexity index is 624. The first-order chi connectivity index (χ1) is 9.69. The number of rotatable bonds is 2. The second-order valence-electron chi connectivity index (χ2n) is 5.70. The lowest BCUT2D eigenvalue weighted by Gasteiger charge is -2.36. The fourth-order valence-corrected chi connectivity index (χ4v) is 3.14. The molecule has 0 spiro atoms. The van der Waals surface area contributed by atoms with Crippen molar-refractivity contribution < 1.29 is 4.74 Å². The van der Waals surface area contributed by atoms with Crippen LogP contribution in [0.3, 0.4) is 0 Å². The molecule has 3 nitrogen and oxygen atoms in total. The molecular weight excluding hydrogens is 248 g/mol. The summed E-state index contributed by atoms with van der Waals surface area (Å²) in [6.07, 6.45) is 3.90. The van der Waals surface area contributed by atoms with Gasteiger partial charge in [-0.2, -0.15) is 0 Å². The van der Waals surface area contributed by atoms with Crippen LogP contribution in [-0.2, 0) is 0 Å². The predicted molar refractivity (Wildman–Crippen MR) is 83.7 cm³/mol. The zero-order valence-corrected chi connectivity index (χ0v) is 12.5. The molecule has 106 valence electrons. The number of hydrogen-bond donors (Lipinski definition) is 0. The summed E-state index contributed by atoms with van der Waals surface area (Å²) >= 11 is 0. The molecule has 1 aliphatic rings. The van der Waals surface area contributed by atoms with E-state index in [1.807, 2.05) is 12.1 Å². The number of nitrogens with zero attached hydrogens (tertiary/aromatic N) is 2. The van der Waals surface area contributed by atoms with Crippen molar-refractivity contribution in [1.29, 1.82) is 0 Å². The highest BCUT2D eigenvalue weighted by atomic mass is 16.5. The largest absolute Gasteiger partial charge is 0.497 e. The molecule has 2 heterocycles. The van der Waals surface area contributed by atoms with Crippen molar-refractivity contribution in [3.05, 3.63) is 30.0 Å². The van der Waals surface area contributed by atoms with E-state index in [0.29, 0.717) is 6.04 Å². The minimum absolute atomic E-state index is 0.607. The van der Waals surface area contributed by atoms with E-state index in [0.717, 1.165) is 23.5 Å². The van der Waals surface area contributed by atoms with Crippen molar-refractivity contribution in [2.24, 2.45) is 0 Å². The minimum atomic E-state index is 0.607. The topological polar surface area (TPSA) is 25.4 Å². The Morgan fingerprint density at radius 1 is 1.25 bits per heavy atom. The van der Waals surface area contributed by atoms with Crippen LogP contribution in [0.25, 0.3) is 10.9 Å². The number of fused-ring (bicyclic) bond motifs is 1. The molecule has 0 aliphatic carbocycles. The first-order valence-corrected chi connectivity index (χ1v) is 7.41. The van der Waals surface area contributed by atoms with Crippen LogP contribution in [-0.4, -0.2) is 24.7 Å². The number of pyridine rings is 1. The van der Waals surface area contributed by atoms with Crippen LogP contribution < -0.4 is 9.64 Å². The van der Waals surface area contributed by atoms with E-state index in [2.05, 4.69) is 35.9 Å². The second-order valence-corrected chi connectivity index (χ2v) is 5.70. The third-order valence-electron chi connectivity index (χ3n) is 4.24. The van der Waals surface area contributed by atoms with Gasteiger partial charge in [-0.1, -0.05) is 0 Å². The molecule has 0 radical (unpaired) electrons. The third-order valence-corrected chi connectivity index (χ3v) is 4.24. The number of anilines is 1. The van der Waals surface area contributed by atoms with Crippen molar-refractivity contribution in [3.63, 3.8) is 0 Å². The molecule has 1 atom stereocenters. The Morgan fingerprint density at radius 2 is 2.10 bits per heavy atom. The highest BCUT2D eigenvalue weighted by Gasteiger charge is 2.21. The standard InChI is InChI=1S/C17H22N2O/c1-12-10-17(19-9-5-4-6-13(19)2)15-8-7-14(20-3)11-16(15)18-12/h7-8,10-11,13H,4-6,9H2,1-3H3. The number of methoxy groups -OCH3 is 1. The smallest absolute Gasteiger partial charge is 0.121 e. The van der Waals surface area contributed by atoms with Gasteiger partial charge >= 0.3 is 0 Å². The number of piperidine rings is 1. The Kier molecular flexibility index (Phi) is 3.51. The van der Waals surface area contributed by atoms with Gasteiger partial charge in [0.05, 0.1) is 12.6 Å². The molecule has 1 unspecified atom stereocenters. The van der Waals surface area contributed by atoms with Gasteiger partial charge in [-0.05, 0) is 51.3 Å². The Hall–Kier alpha value is -1.77. The molecule has 0 amide bonds. The van der Waals surface area contributed by atoms with Crippen molar-refractivity contribution in [2.45, 2.75) is 39.2 Å². The van der Waals surface area contributed by atoms with Crippen LogP contribution in [0.4, 0.5) is 5.69 Å². The lowest BCUT2D eigenvalue weighted by molar-refractivity contribution is 0.415. The first-order valence-electron chi connectivity index (χ1n) is 7.41. The highest BCUT2D eigenvalue weighted by Crippen LogP contribution is 2.33. The molecule has 1 aromatic heterocycles. The molecule has 0 bridgehead atoms. The van der Waals surface area contributed by atoms with Gasteiger partial charge in [-0.3, -0.25) is 4.98 Å². The molecule has 1 aromatic carbocycles. The van der Waals surface area contributed by atoms with Gasteiger partial charge in [0, 0.05) is 35.4 Å². The molecular formula is C17H22N2O. The average molecular weight is 270 g/mol. The summed E-state index contributed by atoms with van der Waals surface area (Å²) in [7, 11) is 1.70. The molecule has 0 N–H and O–H groups in total. The van der Waals surface area contributed by atoms with E-state index in [1.54, 1.807) is 7.11 Å². The fraction of sp³-hybridized carbons (Fsp3) is 0.471. The van der Waals surface area contributed by atoms with E-state index in [4.69, 9.17) is 4.74 Å². The molecule has 1 aliphatic heterocycles. The molecule has 20 heavy (non-hydrogen) atoms. The van der Waals surface area contributed by atoms with Crippen molar-refractivity contribution in [2.75, 3.05) is 18.6 Å². The normalized spacial score (nSPS) is 19.4. The predicted octanol–water partition coefficient (Wildman–Crippen LogP) is 3.93. The summed E-state index contributed by atoms with van der Waals surface area (Å²) in [5, 5.41) is 1.23. The molecule has 0 saturated carbocycles. The quantitative estimate of drug-likeness (QED) is 0.826. The van der Waals surface area contributed by atoms with Crippen molar-refractivity contribution >= 4 is 16.6 Å². The highest BCUT2D eigenvalue weighted by molar-refractivity contribution is 5.93. The van der Waals surface area contributed by atoms with Crippen LogP contribution in [0.2, 0.25) is 0 Å². The van der Waals surface area contributed by atoms with E-state index < -0.39 is 0 Å². The van der Waals surface area contributed by atoms with Crippen LogP contribution in [0, 0.1) is 6.92 Å². The number of benzene rings is 1. The maximum absolute atomic E-state index is 5.32. The SMILES string of the molecule is COc1ccc2c(N3CCCCC3C)cc(C)nc2c1. The minimum Gasteiger partial charge on any atom is -0.497 e. The summed E-state index contributed by atoms with van der Waals surface area (Å²) in [4.78, 5) is 7.19. The summed E-state index contributed by atoms with van der Waals surface area (Å²) < 4.78 is 5.32. The van der Waals surface area contributed by atoms with Gasteiger partial charge < -0.3 is 9.64 Å². The maximum atomic E-state index is 5.32.